The van der Waals surface area contributed by atoms with Gasteiger partial charge in [-0.05, 0) is 95.7 Å². The zero-order valence-corrected chi connectivity index (χ0v) is 31.6. The summed E-state index contributed by atoms with van der Waals surface area (Å²) in [5.41, 5.74) is 9.74. The lowest BCUT2D eigenvalue weighted by Crippen LogP contribution is -2.11. The standard InChI is InChI=1S/C56H35NO/c1-3-17-38(18-4-1)53-47-24-12-11-23-44(47)45-34-31-40(35-50(45)54(53)39-19-5-2-6-20-39)57(51-27-13-25-43-41-21-9-7-15-36(41)29-32-46(43)51)52-28-14-26-48-49-33-30-37-16-8-10-22-42(37)55(49)58-56(48)52/h1-35H. The van der Waals surface area contributed by atoms with Crippen molar-refractivity contribution < 1.29 is 4.42 Å². The number of hydrogen-bond donors (Lipinski definition) is 0. The normalized spacial score (nSPS) is 11.8. The van der Waals surface area contributed by atoms with Gasteiger partial charge in [0.1, 0.15) is 5.58 Å². The van der Waals surface area contributed by atoms with Gasteiger partial charge in [0.15, 0.2) is 5.58 Å². The average molecular weight is 738 g/mol. The topological polar surface area (TPSA) is 16.4 Å². The van der Waals surface area contributed by atoms with Crippen LogP contribution < -0.4 is 4.90 Å². The van der Waals surface area contributed by atoms with Crippen LogP contribution in [0.2, 0.25) is 0 Å². The monoisotopic (exact) mass is 737 g/mol. The molecule has 12 aromatic rings. The van der Waals surface area contributed by atoms with E-state index in [1.807, 2.05) is 0 Å². The fraction of sp³-hybridized carbons (Fsp3) is 0. The van der Waals surface area contributed by atoms with Gasteiger partial charge in [-0.2, -0.15) is 0 Å². The molecule has 2 nitrogen and oxygen atoms in total. The van der Waals surface area contributed by atoms with Gasteiger partial charge in [-0.15, -0.1) is 0 Å². The zero-order chi connectivity index (χ0) is 38.2. The molecular formula is C56H35NO. The van der Waals surface area contributed by atoms with E-state index in [1.54, 1.807) is 0 Å². The fourth-order valence-corrected chi connectivity index (χ4v) is 9.44. The maximum absolute atomic E-state index is 7.08. The van der Waals surface area contributed by atoms with E-state index in [1.165, 1.54) is 65.3 Å². The molecule has 0 amide bonds. The lowest BCUT2D eigenvalue weighted by atomic mass is 9.85. The van der Waals surface area contributed by atoms with Gasteiger partial charge in [-0.25, -0.2) is 0 Å². The van der Waals surface area contributed by atoms with Crippen molar-refractivity contribution in [3.63, 3.8) is 0 Å². The van der Waals surface area contributed by atoms with Crippen molar-refractivity contribution in [1.29, 1.82) is 0 Å². The first kappa shape index (κ1) is 32.6. The lowest BCUT2D eigenvalue weighted by molar-refractivity contribution is 0.673. The molecule has 1 heterocycles. The number of benzene rings is 11. The predicted molar refractivity (Wildman–Crippen MR) is 247 cm³/mol. The van der Waals surface area contributed by atoms with Crippen LogP contribution >= 0.6 is 0 Å². The third kappa shape index (κ3) is 4.92. The highest BCUT2D eigenvalue weighted by Crippen LogP contribution is 2.49. The van der Waals surface area contributed by atoms with Gasteiger partial charge in [0.2, 0.25) is 0 Å². The number of furan rings is 1. The quantitative estimate of drug-likeness (QED) is 0.164. The second-order valence-electron chi connectivity index (χ2n) is 15.2. The predicted octanol–water partition coefficient (Wildman–Crippen LogP) is 16.2. The molecule has 58 heavy (non-hydrogen) atoms. The van der Waals surface area contributed by atoms with Crippen LogP contribution in [0.25, 0.3) is 98.1 Å². The van der Waals surface area contributed by atoms with E-state index >= 15 is 0 Å². The minimum absolute atomic E-state index is 0.860. The Morgan fingerprint density at radius 1 is 0.276 bits per heavy atom. The van der Waals surface area contributed by atoms with Crippen LogP contribution in [-0.4, -0.2) is 0 Å². The first-order chi connectivity index (χ1) is 28.8. The van der Waals surface area contributed by atoms with Crippen molar-refractivity contribution in [2.45, 2.75) is 0 Å². The second-order valence-corrected chi connectivity index (χ2v) is 15.2. The maximum atomic E-state index is 7.08. The lowest BCUT2D eigenvalue weighted by Gasteiger charge is -2.28. The summed E-state index contributed by atoms with van der Waals surface area (Å²) in [5, 5.41) is 14.2. The van der Waals surface area contributed by atoms with Gasteiger partial charge in [0, 0.05) is 27.2 Å². The number of fused-ring (bicyclic) bond motifs is 11. The summed E-state index contributed by atoms with van der Waals surface area (Å²) in [4.78, 5) is 2.43. The SMILES string of the molecule is c1ccc(-c2c(-c3ccccc3)c3cc(N(c4cccc5c4ccc4ccccc45)c4cccc5c4oc4c6ccccc6ccc54)ccc3c3ccccc23)cc1. The van der Waals surface area contributed by atoms with E-state index in [9.17, 15) is 0 Å². The van der Waals surface area contributed by atoms with Crippen LogP contribution in [-0.2, 0) is 0 Å². The van der Waals surface area contributed by atoms with Crippen molar-refractivity contribution >= 4 is 92.9 Å². The minimum atomic E-state index is 0.860. The Kier molecular flexibility index (Phi) is 7.26. The van der Waals surface area contributed by atoms with Crippen molar-refractivity contribution in [2.75, 3.05) is 4.90 Å². The third-order valence-electron chi connectivity index (χ3n) is 12.0. The van der Waals surface area contributed by atoms with Gasteiger partial charge in [-0.3, -0.25) is 0 Å². The molecule has 0 saturated heterocycles. The van der Waals surface area contributed by atoms with E-state index < -0.39 is 0 Å². The van der Waals surface area contributed by atoms with Gasteiger partial charge in [0.05, 0.1) is 11.4 Å². The molecule has 0 unspecified atom stereocenters. The van der Waals surface area contributed by atoms with Crippen molar-refractivity contribution in [1.82, 2.24) is 0 Å². The Morgan fingerprint density at radius 2 is 0.759 bits per heavy atom. The molecule has 0 saturated carbocycles. The number of rotatable bonds is 5. The van der Waals surface area contributed by atoms with Crippen molar-refractivity contribution in [3.05, 3.63) is 212 Å². The Balaban J connectivity index is 1.22. The summed E-state index contributed by atoms with van der Waals surface area (Å²) < 4.78 is 7.08. The van der Waals surface area contributed by atoms with Crippen molar-refractivity contribution in [2.24, 2.45) is 0 Å². The molecular weight excluding hydrogens is 703 g/mol. The second kappa shape index (κ2) is 12.9. The molecule has 270 valence electrons. The van der Waals surface area contributed by atoms with Crippen LogP contribution in [0.4, 0.5) is 17.1 Å². The third-order valence-corrected chi connectivity index (χ3v) is 12.0. The Bertz CT molecular complexity index is 3570. The maximum Gasteiger partial charge on any atom is 0.159 e. The van der Waals surface area contributed by atoms with Crippen LogP contribution in [0.5, 0.6) is 0 Å². The van der Waals surface area contributed by atoms with Crippen molar-refractivity contribution in [3.8, 4) is 22.3 Å². The summed E-state index contributed by atoms with van der Waals surface area (Å²) in [7, 11) is 0. The van der Waals surface area contributed by atoms with Gasteiger partial charge in [0.25, 0.3) is 0 Å². The largest absolute Gasteiger partial charge is 0.453 e. The van der Waals surface area contributed by atoms with Crippen LogP contribution in [0.15, 0.2) is 217 Å². The molecule has 0 bridgehead atoms. The van der Waals surface area contributed by atoms with Gasteiger partial charge in [-0.1, -0.05) is 182 Å². The smallest absolute Gasteiger partial charge is 0.159 e. The number of hydrogen-bond acceptors (Lipinski definition) is 2. The molecule has 12 rings (SSSR count). The van der Waals surface area contributed by atoms with E-state index in [2.05, 4.69) is 217 Å². The highest BCUT2D eigenvalue weighted by atomic mass is 16.3. The Labute approximate surface area is 335 Å². The Morgan fingerprint density at radius 3 is 1.50 bits per heavy atom. The molecule has 0 aliphatic heterocycles. The molecule has 0 aliphatic carbocycles. The minimum Gasteiger partial charge on any atom is -0.453 e. The summed E-state index contributed by atoms with van der Waals surface area (Å²) >= 11 is 0. The molecule has 1 aromatic heterocycles. The number of nitrogens with zero attached hydrogens (tertiary/aromatic N) is 1. The molecule has 0 aliphatic rings. The van der Waals surface area contributed by atoms with Crippen LogP contribution in [0.3, 0.4) is 0 Å². The summed E-state index contributed by atoms with van der Waals surface area (Å²) in [6.07, 6.45) is 0. The van der Waals surface area contributed by atoms with E-state index in [-0.39, 0.29) is 0 Å². The van der Waals surface area contributed by atoms with E-state index in [4.69, 9.17) is 4.42 Å². The highest BCUT2D eigenvalue weighted by molar-refractivity contribution is 6.23. The first-order valence-electron chi connectivity index (χ1n) is 19.9. The van der Waals surface area contributed by atoms with E-state index in [0.717, 1.165) is 49.8 Å². The zero-order valence-electron chi connectivity index (χ0n) is 31.6. The van der Waals surface area contributed by atoms with E-state index in [0.29, 0.717) is 0 Å². The highest BCUT2D eigenvalue weighted by Gasteiger charge is 2.24. The molecule has 0 radical (unpaired) electrons. The van der Waals surface area contributed by atoms with Crippen LogP contribution in [0.1, 0.15) is 0 Å². The molecule has 0 fully saturated rings. The summed E-state index contributed by atoms with van der Waals surface area (Å²) in [6.45, 7) is 0. The summed E-state index contributed by atoms with van der Waals surface area (Å²) in [5.74, 6) is 0. The summed E-state index contributed by atoms with van der Waals surface area (Å²) in [6, 6.07) is 77.0. The molecule has 0 spiro atoms. The first-order valence-corrected chi connectivity index (χ1v) is 19.9. The van der Waals surface area contributed by atoms with Crippen LogP contribution in [0, 0.1) is 0 Å². The molecule has 2 heteroatoms. The average Bonchev–Trinajstić information content (AvgIpc) is 3.69. The molecule has 11 aromatic carbocycles. The number of anilines is 3. The van der Waals surface area contributed by atoms with Gasteiger partial charge < -0.3 is 9.32 Å². The molecule has 0 atom stereocenters. The fourth-order valence-electron chi connectivity index (χ4n) is 9.44. The molecule has 0 N–H and O–H groups in total. The number of para-hydroxylation sites is 1. The van der Waals surface area contributed by atoms with Gasteiger partial charge >= 0.3 is 0 Å². The Hall–Kier alpha value is -7.68.